The molecular formula is C16H11F3O2. The van der Waals surface area contributed by atoms with Gasteiger partial charge < -0.3 is 5.11 Å². The minimum Gasteiger partial charge on any atom is -0.478 e. The summed E-state index contributed by atoms with van der Waals surface area (Å²) in [6.07, 6.45) is -2.88. The summed E-state index contributed by atoms with van der Waals surface area (Å²) < 4.78 is 38.5. The summed E-state index contributed by atoms with van der Waals surface area (Å²) in [6.45, 7) is 3.55. The van der Waals surface area contributed by atoms with Gasteiger partial charge in [0.2, 0.25) is 0 Å². The fourth-order valence-electron chi connectivity index (χ4n) is 2.06. The van der Waals surface area contributed by atoms with E-state index in [0.29, 0.717) is 17.0 Å². The van der Waals surface area contributed by atoms with Crippen molar-refractivity contribution in [2.75, 3.05) is 0 Å². The lowest BCUT2D eigenvalue weighted by molar-refractivity contribution is -0.144. The molecule has 0 heterocycles. The summed E-state index contributed by atoms with van der Waals surface area (Å²) in [5, 5.41) is 10.1. The van der Waals surface area contributed by atoms with Gasteiger partial charge in [-0.2, -0.15) is 13.2 Å². The van der Waals surface area contributed by atoms with Gasteiger partial charge in [-0.25, -0.2) is 4.79 Å². The van der Waals surface area contributed by atoms with Crippen LogP contribution in [0.5, 0.6) is 0 Å². The molecule has 1 N–H and O–H groups in total. The summed E-state index contributed by atoms with van der Waals surface area (Å²) in [5.41, 5.74) is -0.975. The first kappa shape index (κ1) is 14.8. The molecule has 0 saturated carbocycles. The topological polar surface area (TPSA) is 37.3 Å². The molecule has 5 heteroatoms. The molecule has 2 aromatic rings. The fourth-order valence-corrected chi connectivity index (χ4v) is 2.06. The van der Waals surface area contributed by atoms with Gasteiger partial charge in [-0.15, -0.1) is 0 Å². The van der Waals surface area contributed by atoms with Crippen LogP contribution in [0.4, 0.5) is 13.2 Å². The third kappa shape index (κ3) is 2.97. The van der Waals surface area contributed by atoms with E-state index in [1.165, 1.54) is 6.08 Å². The minimum atomic E-state index is -4.93. The first-order chi connectivity index (χ1) is 9.84. The van der Waals surface area contributed by atoms with Crippen molar-refractivity contribution in [3.63, 3.8) is 0 Å². The summed E-state index contributed by atoms with van der Waals surface area (Å²) >= 11 is 0. The SMILES string of the molecule is C=Cc1ccc2ccccc2c1/C=C(\C(=O)O)C(F)(F)F. The molecule has 2 nitrogen and oxygen atoms in total. The maximum absolute atomic E-state index is 12.8. The van der Waals surface area contributed by atoms with Gasteiger partial charge in [-0.1, -0.05) is 49.1 Å². The molecule has 0 unspecified atom stereocenters. The molecule has 108 valence electrons. The first-order valence-electron chi connectivity index (χ1n) is 6.01. The Balaban J connectivity index is 2.80. The number of hydrogen-bond acceptors (Lipinski definition) is 1. The van der Waals surface area contributed by atoms with Crippen LogP contribution < -0.4 is 0 Å². The largest absolute Gasteiger partial charge is 0.478 e. The van der Waals surface area contributed by atoms with E-state index in [4.69, 9.17) is 5.11 Å². The normalized spacial score (nSPS) is 12.4. The second-order valence-electron chi connectivity index (χ2n) is 4.35. The van der Waals surface area contributed by atoms with Crippen LogP contribution >= 0.6 is 0 Å². The van der Waals surface area contributed by atoms with Crippen LogP contribution in [0, 0.1) is 0 Å². The molecule has 2 rings (SSSR count). The average molecular weight is 292 g/mol. The average Bonchev–Trinajstić information content (AvgIpc) is 2.42. The smallest absolute Gasteiger partial charge is 0.423 e. The van der Waals surface area contributed by atoms with Crippen molar-refractivity contribution < 1.29 is 23.1 Å². The Labute approximate surface area is 118 Å². The molecule has 0 aromatic heterocycles. The molecule has 0 atom stereocenters. The lowest BCUT2D eigenvalue weighted by atomic mass is 9.97. The van der Waals surface area contributed by atoms with E-state index in [1.54, 1.807) is 36.4 Å². The summed E-state index contributed by atoms with van der Waals surface area (Å²) in [6, 6.07) is 10.2. The lowest BCUT2D eigenvalue weighted by Gasteiger charge is -2.11. The predicted molar refractivity (Wildman–Crippen MR) is 75.7 cm³/mol. The monoisotopic (exact) mass is 292 g/mol. The fraction of sp³-hybridized carbons (Fsp3) is 0.0625. The Morgan fingerprint density at radius 1 is 1.14 bits per heavy atom. The highest BCUT2D eigenvalue weighted by Crippen LogP contribution is 2.31. The number of hydrogen-bond donors (Lipinski definition) is 1. The van der Waals surface area contributed by atoms with Crippen molar-refractivity contribution in [1.29, 1.82) is 0 Å². The summed E-state index contributed by atoms with van der Waals surface area (Å²) in [7, 11) is 0. The van der Waals surface area contributed by atoms with Crippen LogP contribution in [-0.2, 0) is 4.79 Å². The van der Waals surface area contributed by atoms with Crippen molar-refractivity contribution >= 4 is 28.9 Å². The van der Waals surface area contributed by atoms with E-state index in [-0.39, 0.29) is 5.56 Å². The molecule has 0 bridgehead atoms. The molecule has 0 aliphatic carbocycles. The zero-order chi connectivity index (χ0) is 15.6. The van der Waals surface area contributed by atoms with Gasteiger partial charge in [0.25, 0.3) is 0 Å². The number of halogens is 3. The van der Waals surface area contributed by atoms with Crippen molar-refractivity contribution in [2.45, 2.75) is 6.18 Å². The van der Waals surface area contributed by atoms with Gasteiger partial charge in [-0.05, 0) is 28.0 Å². The summed E-state index contributed by atoms with van der Waals surface area (Å²) in [4.78, 5) is 10.9. The second kappa shape index (κ2) is 5.44. The number of aliphatic carboxylic acids is 1. The van der Waals surface area contributed by atoms with E-state index in [2.05, 4.69) is 6.58 Å². The van der Waals surface area contributed by atoms with E-state index in [1.807, 2.05) is 0 Å². The Morgan fingerprint density at radius 3 is 2.38 bits per heavy atom. The molecule has 0 spiro atoms. The summed E-state index contributed by atoms with van der Waals surface area (Å²) in [5.74, 6) is -2.01. The number of carboxylic acids is 1. The van der Waals surface area contributed by atoms with Crippen LogP contribution in [0.1, 0.15) is 11.1 Å². The van der Waals surface area contributed by atoms with Crippen molar-refractivity contribution in [2.24, 2.45) is 0 Å². The van der Waals surface area contributed by atoms with Crippen molar-refractivity contribution in [1.82, 2.24) is 0 Å². The third-order valence-electron chi connectivity index (χ3n) is 3.05. The van der Waals surface area contributed by atoms with Gasteiger partial charge in [0.05, 0.1) is 0 Å². The van der Waals surface area contributed by atoms with E-state index < -0.39 is 17.7 Å². The zero-order valence-electron chi connectivity index (χ0n) is 10.8. The van der Waals surface area contributed by atoms with Crippen LogP contribution in [0.25, 0.3) is 22.9 Å². The van der Waals surface area contributed by atoms with E-state index >= 15 is 0 Å². The maximum Gasteiger partial charge on any atom is 0.423 e. The third-order valence-corrected chi connectivity index (χ3v) is 3.05. The van der Waals surface area contributed by atoms with Crippen LogP contribution in [-0.4, -0.2) is 17.3 Å². The standard InChI is InChI=1S/C16H11F3O2/c1-2-10-7-8-11-5-3-4-6-12(11)13(10)9-14(15(20)21)16(17,18)19/h2-9H,1H2,(H,20,21)/b14-9+. The molecule has 0 saturated heterocycles. The number of carboxylic acid groups (broad SMARTS) is 1. The van der Waals surface area contributed by atoms with Crippen LogP contribution in [0.15, 0.2) is 48.6 Å². The molecule has 0 radical (unpaired) electrons. The van der Waals surface area contributed by atoms with E-state index in [0.717, 1.165) is 5.39 Å². The van der Waals surface area contributed by atoms with Gasteiger partial charge in [0, 0.05) is 0 Å². The minimum absolute atomic E-state index is 0.192. The maximum atomic E-state index is 12.8. The molecule has 2 aromatic carbocycles. The number of fused-ring (bicyclic) bond motifs is 1. The van der Waals surface area contributed by atoms with Crippen molar-refractivity contribution in [3.05, 3.63) is 59.7 Å². The molecule has 21 heavy (non-hydrogen) atoms. The lowest BCUT2D eigenvalue weighted by Crippen LogP contribution is -2.19. The highest BCUT2D eigenvalue weighted by atomic mass is 19.4. The van der Waals surface area contributed by atoms with Crippen molar-refractivity contribution in [3.8, 4) is 0 Å². The first-order valence-corrected chi connectivity index (χ1v) is 6.01. The van der Waals surface area contributed by atoms with Gasteiger partial charge in [0.1, 0.15) is 5.57 Å². The molecule has 0 fully saturated rings. The van der Waals surface area contributed by atoms with Gasteiger partial charge in [0.15, 0.2) is 0 Å². The number of rotatable bonds is 3. The Kier molecular flexibility index (Phi) is 3.84. The second-order valence-corrected chi connectivity index (χ2v) is 4.35. The Bertz CT molecular complexity index is 743. The Morgan fingerprint density at radius 2 is 1.81 bits per heavy atom. The molecule has 0 aliphatic rings. The quantitative estimate of drug-likeness (QED) is 0.845. The number of benzene rings is 2. The van der Waals surface area contributed by atoms with Gasteiger partial charge in [-0.3, -0.25) is 0 Å². The molecule has 0 amide bonds. The highest BCUT2D eigenvalue weighted by molar-refractivity contribution is 6.00. The number of alkyl halides is 3. The van der Waals surface area contributed by atoms with E-state index in [9.17, 15) is 18.0 Å². The predicted octanol–water partition coefficient (Wildman–Crippen LogP) is 4.51. The highest BCUT2D eigenvalue weighted by Gasteiger charge is 2.38. The molecular weight excluding hydrogens is 281 g/mol. The van der Waals surface area contributed by atoms with Crippen LogP contribution in [0.3, 0.4) is 0 Å². The van der Waals surface area contributed by atoms with Crippen LogP contribution in [0.2, 0.25) is 0 Å². The Hall–Kier alpha value is -2.56. The zero-order valence-corrected chi connectivity index (χ0v) is 10.8. The van der Waals surface area contributed by atoms with Gasteiger partial charge >= 0.3 is 12.1 Å². The molecule has 0 aliphatic heterocycles. The number of carbonyl (C=O) groups is 1.